The SMILES string of the molecule is COc1ccc2nc(CCl)n(-c3ccccc3OC)c2c1. The monoisotopic (exact) mass is 302 g/mol. The van der Waals surface area contributed by atoms with E-state index in [1.807, 2.05) is 47.0 Å². The normalized spacial score (nSPS) is 10.8. The molecule has 0 atom stereocenters. The zero-order chi connectivity index (χ0) is 14.8. The van der Waals surface area contributed by atoms with Crippen LogP contribution in [0.1, 0.15) is 5.82 Å². The van der Waals surface area contributed by atoms with E-state index in [2.05, 4.69) is 4.98 Å². The average molecular weight is 303 g/mol. The third-order valence-electron chi connectivity index (χ3n) is 3.38. The Balaban J connectivity index is 2.33. The van der Waals surface area contributed by atoms with Crippen LogP contribution >= 0.6 is 11.6 Å². The summed E-state index contributed by atoms with van der Waals surface area (Å²) in [6.07, 6.45) is 0. The molecule has 1 aromatic heterocycles. The lowest BCUT2D eigenvalue weighted by Crippen LogP contribution is -2.01. The van der Waals surface area contributed by atoms with Crippen LogP contribution in [0.4, 0.5) is 0 Å². The average Bonchev–Trinajstić information content (AvgIpc) is 2.92. The van der Waals surface area contributed by atoms with Crippen LogP contribution in [0, 0.1) is 0 Å². The molecule has 0 aliphatic rings. The first-order chi connectivity index (χ1) is 10.3. The van der Waals surface area contributed by atoms with Crippen molar-refractivity contribution in [2.24, 2.45) is 0 Å². The zero-order valence-electron chi connectivity index (χ0n) is 11.8. The molecule has 1 heterocycles. The number of hydrogen-bond acceptors (Lipinski definition) is 3. The molecule has 0 spiro atoms. The summed E-state index contributed by atoms with van der Waals surface area (Å²) in [6.45, 7) is 0. The highest BCUT2D eigenvalue weighted by atomic mass is 35.5. The summed E-state index contributed by atoms with van der Waals surface area (Å²) in [6, 6.07) is 13.6. The number of nitrogens with zero attached hydrogens (tertiary/aromatic N) is 2. The maximum absolute atomic E-state index is 6.07. The van der Waals surface area contributed by atoms with Crippen molar-refractivity contribution in [1.29, 1.82) is 0 Å². The zero-order valence-corrected chi connectivity index (χ0v) is 12.6. The van der Waals surface area contributed by atoms with Gasteiger partial charge in [-0.15, -0.1) is 11.6 Å². The molecule has 5 heteroatoms. The van der Waals surface area contributed by atoms with Crippen LogP contribution in [-0.2, 0) is 5.88 Å². The van der Waals surface area contributed by atoms with Gasteiger partial charge in [0.15, 0.2) is 0 Å². The van der Waals surface area contributed by atoms with Gasteiger partial charge in [0.05, 0.1) is 36.8 Å². The summed E-state index contributed by atoms with van der Waals surface area (Å²) in [5, 5.41) is 0. The van der Waals surface area contributed by atoms with Crippen molar-refractivity contribution in [2.75, 3.05) is 14.2 Å². The molecule has 108 valence electrons. The van der Waals surface area contributed by atoms with Crippen LogP contribution in [0.5, 0.6) is 11.5 Å². The van der Waals surface area contributed by atoms with E-state index < -0.39 is 0 Å². The van der Waals surface area contributed by atoms with Gasteiger partial charge in [-0.25, -0.2) is 4.98 Å². The van der Waals surface area contributed by atoms with Crippen LogP contribution < -0.4 is 9.47 Å². The second-order valence-corrected chi connectivity index (χ2v) is 4.79. The van der Waals surface area contributed by atoms with Crippen molar-refractivity contribution in [2.45, 2.75) is 5.88 Å². The molecule has 0 saturated carbocycles. The molecular formula is C16H15ClN2O2. The number of aromatic nitrogens is 2. The van der Waals surface area contributed by atoms with E-state index >= 15 is 0 Å². The van der Waals surface area contributed by atoms with Crippen molar-refractivity contribution in [3.05, 3.63) is 48.3 Å². The Morgan fingerprint density at radius 1 is 1.10 bits per heavy atom. The smallest absolute Gasteiger partial charge is 0.142 e. The van der Waals surface area contributed by atoms with Gasteiger partial charge >= 0.3 is 0 Å². The quantitative estimate of drug-likeness (QED) is 0.688. The Kier molecular flexibility index (Phi) is 3.71. The highest BCUT2D eigenvalue weighted by Crippen LogP contribution is 2.30. The van der Waals surface area contributed by atoms with Crippen molar-refractivity contribution < 1.29 is 9.47 Å². The molecule has 3 aromatic rings. The van der Waals surface area contributed by atoms with Crippen LogP contribution in [-0.4, -0.2) is 23.8 Å². The number of ether oxygens (including phenoxy) is 2. The maximum atomic E-state index is 6.07. The van der Waals surface area contributed by atoms with Gasteiger partial charge in [-0.05, 0) is 24.3 Å². The second-order valence-electron chi connectivity index (χ2n) is 4.52. The van der Waals surface area contributed by atoms with Crippen molar-refractivity contribution in [1.82, 2.24) is 9.55 Å². The summed E-state index contributed by atoms with van der Waals surface area (Å²) in [4.78, 5) is 4.58. The molecule has 2 aromatic carbocycles. The van der Waals surface area contributed by atoms with Gasteiger partial charge in [0.25, 0.3) is 0 Å². The van der Waals surface area contributed by atoms with Gasteiger partial charge in [0.2, 0.25) is 0 Å². The molecule has 3 rings (SSSR count). The fourth-order valence-corrected chi connectivity index (χ4v) is 2.58. The van der Waals surface area contributed by atoms with Gasteiger partial charge in [0.1, 0.15) is 17.3 Å². The highest BCUT2D eigenvalue weighted by Gasteiger charge is 2.15. The topological polar surface area (TPSA) is 36.3 Å². The summed E-state index contributed by atoms with van der Waals surface area (Å²) in [7, 11) is 3.30. The number of imidazole rings is 1. The van der Waals surface area contributed by atoms with Crippen LogP contribution in [0.2, 0.25) is 0 Å². The van der Waals surface area contributed by atoms with Gasteiger partial charge < -0.3 is 9.47 Å². The van der Waals surface area contributed by atoms with E-state index in [4.69, 9.17) is 21.1 Å². The van der Waals surface area contributed by atoms with Crippen molar-refractivity contribution >= 4 is 22.6 Å². The van der Waals surface area contributed by atoms with E-state index in [-0.39, 0.29) is 0 Å². The lowest BCUT2D eigenvalue weighted by Gasteiger charge is -2.12. The summed E-state index contributed by atoms with van der Waals surface area (Å²) in [5.41, 5.74) is 2.72. The third-order valence-corrected chi connectivity index (χ3v) is 3.62. The number of methoxy groups -OCH3 is 2. The molecule has 0 fully saturated rings. The highest BCUT2D eigenvalue weighted by molar-refractivity contribution is 6.17. The molecule has 0 radical (unpaired) electrons. The molecule has 0 bridgehead atoms. The predicted molar refractivity (Wildman–Crippen MR) is 83.7 cm³/mol. The van der Waals surface area contributed by atoms with Crippen molar-refractivity contribution in [3.8, 4) is 17.2 Å². The first kappa shape index (κ1) is 13.8. The number of para-hydroxylation sites is 2. The van der Waals surface area contributed by atoms with E-state index in [0.29, 0.717) is 5.88 Å². The molecule has 0 amide bonds. The lowest BCUT2D eigenvalue weighted by molar-refractivity contribution is 0.412. The minimum Gasteiger partial charge on any atom is -0.497 e. The number of fused-ring (bicyclic) bond motifs is 1. The number of alkyl halides is 1. The molecule has 21 heavy (non-hydrogen) atoms. The molecule has 0 N–H and O–H groups in total. The minimum atomic E-state index is 0.315. The number of hydrogen-bond donors (Lipinski definition) is 0. The Morgan fingerprint density at radius 3 is 2.62 bits per heavy atom. The fourth-order valence-electron chi connectivity index (χ4n) is 2.40. The van der Waals surface area contributed by atoms with Crippen LogP contribution in [0.3, 0.4) is 0 Å². The Bertz CT molecular complexity index is 783. The number of halogens is 1. The van der Waals surface area contributed by atoms with E-state index in [9.17, 15) is 0 Å². The maximum Gasteiger partial charge on any atom is 0.142 e. The Hall–Kier alpha value is -2.20. The molecular weight excluding hydrogens is 288 g/mol. The molecule has 0 aliphatic heterocycles. The fraction of sp³-hybridized carbons (Fsp3) is 0.188. The largest absolute Gasteiger partial charge is 0.497 e. The molecule has 0 unspecified atom stereocenters. The minimum absolute atomic E-state index is 0.315. The predicted octanol–water partition coefficient (Wildman–Crippen LogP) is 3.78. The number of benzene rings is 2. The molecule has 4 nitrogen and oxygen atoms in total. The van der Waals surface area contributed by atoms with E-state index in [1.54, 1.807) is 14.2 Å². The molecule has 0 aliphatic carbocycles. The van der Waals surface area contributed by atoms with Crippen LogP contribution in [0.25, 0.3) is 16.7 Å². The van der Waals surface area contributed by atoms with Gasteiger partial charge in [-0.2, -0.15) is 0 Å². The molecule has 0 saturated heterocycles. The number of rotatable bonds is 4. The third kappa shape index (κ3) is 2.32. The Labute approximate surface area is 127 Å². The lowest BCUT2D eigenvalue weighted by atomic mass is 10.2. The van der Waals surface area contributed by atoms with E-state index in [0.717, 1.165) is 34.0 Å². The first-order valence-corrected chi connectivity index (χ1v) is 7.06. The Morgan fingerprint density at radius 2 is 1.90 bits per heavy atom. The van der Waals surface area contributed by atoms with Gasteiger partial charge in [0, 0.05) is 6.07 Å². The second kappa shape index (κ2) is 5.66. The van der Waals surface area contributed by atoms with E-state index in [1.165, 1.54) is 0 Å². The van der Waals surface area contributed by atoms with Crippen LogP contribution in [0.15, 0.2) is 42.5 Å². The summed E-state index contributed by atoms with van der Waals surface area (Å²) in [5.74, 6) is 2.63. The first-order valence-electron chi connectivity index (χ1n) is 6.53. The van der Waals surface area contributed by atoms with Gasteiger partial charge in [-0.1, -0.05) is 12.1 Å². The van der Waals surface area contributed by atoms with Crippen molar-refractivity contribution in [3.63, 3.8) is 0 Å². The summed E-state index contributed by atoms with van der Waals surface area (Å²) < 4.78 is 12.8. The standard InChI is InChI=1S/C16H15ClN2O2/c1-20-11-7-8-12-14(9-11)19(16(10-17)18-12)13-5-3-4-6-15(13)21-2/h3-9H,10H2,1-2H3. The van der Waals surface area contributed by atoms with Gasteiger partial charge in [-0.3, -0.25) is 4.57 Å². The summed E-state index contributed by atoms with van der Waals surface area (Å²) >= 11 is 6.07.